The van der Waals surface area contributed by atoms with Crippen molar-refractivity contribution >= 4 is 11.3 Å². The molecule has 1 atom stereocenters. The third kappa shape index (κ3) is 4.03. The van der Waals surface area contributed by atoms with E-state index in [1.54, 1.807) is 18.4 Å². The second-order valence-corrected chi connectivity index (χ2v) is 5.42. The molecule has 0 aliphatic rings. The Morgan fingerprint density at radius 3 is 2.80 bits per heavy atom. The number of rotatable bonds is 7. The number of para-hydroxylation sites is 1. The van der Waals surface area contributed by atoms with Crippen molar-refractivity contribution in [2.24, 2.45) is 0 Å². The molecule has 108 valence electrons. The number of nitrogens with zero attached hydrogens (tertiary/aromatic N) is 1. The Hall–Kier alpha value is -1.43. The summed E-state index contributed by atoms with van der Waals surface area (Å²) in [5.41, 5.74) is 1.78. The van der Waals surface area contributed by atoms with Crippen molar-refractivity contribution in [1.29, 1.82) is 0 Å². The Morgan fingerprint density at radius 1 is 1.30 bits per heavy atom. The smallest absolute Gasteiger partial charge is 0.125 e. The number of ether oxygens (including phenoxy) is 2. The van der Waals surface area contributed by atoms with Gasteiger partial charge in [-0.3, -0.25) is 0 Å². The van der Waals surface area contributed by atoms with Crippen LogP contribution in [0, 0.1) is 6.92 Å². The van der Waals surface area contributed by atoms with E-state index in [1.165, 1.54) is 0 Å². The van der Waals surface area contributed by atoms with Gasteiger partial charge in [-0.25, -0.2) is 4.98 Å². The van der Waals surface area contributed by atoms with Crippen LogP contribution in [0.1, 0.15) is 22.4 Å². The molecule has 1 aromatic carbocycles. The van der Waals surface area contributed by atoms with E-state index >= 15 is 0 Å². The number of aliphatic hydroxyl groups is 1. The summed E-state index contributed by atoms with van der Waals surface area (Å²) in [7, 11) is 1.63. The summed E-state index contributed by atoms with van der Waals surface area (Å²) in [5.74, 6) is 0.699. The van der Waals surface area contributed by atoms with Crippen LogP contribution in [-0.2, 0) is 11.2 Å². The summed E-state index contributed by atoms with van der Waals surface area (Å²) >= 11 is 1.57. The van der Waals surface area contributed by atoms with Gasteiger partial charge < -0.3 is 14.6 Å². The van der Waals surface area contributed by atoms with Crippen molar-refractivity contribution in [2.75, 3.05) is 20.3 Å². The maximum absolute atomic E-state index is 10.4. The fourth-order valence-corrected chi connectivity index (χ4v) is 2.70. The van der Waals surface area contributed by atoms with Crippen LogP contribution in [0.15, 0.2) is 29.6 Å². The average Bonchev–Trinajstić information content (AvgIpc) is 2.85. The zero-order valence-corrected chi connectivity index (χ0v) is 12.5. The van der Waals surface area contributed by atoms with Crippen molar-refractivity contribution in [3.63, 3.8) is 0 Å². The molecular weight excluding hydrogens is 274 g/mol. The molecule has 20 heavy (non-hydrogen) atoms. The Morgan fingerprint density at radius 2 is 2.10 bits per heavy atom. The van der Waals surface area contributed by atoms with Gasteiger partial charge in [0.15, 0.2) is 0 Å². The molecule has 0 bridgehead atoms. The van der Waals surface area contributed by atoms with Gasteiger partial charge in [-0.05, 0) is 13.0 Å². The molecule has 2 aromatic rings. The average molecular weight is 293 g/mol. The van der Waals surface area contributed by atoms with Crippen LogP contribution in [0.25, 0.3) is 0 Å². The zero-order chi connectivity index (χ0) is 14.4. The van der Waals surface area contributed by atoms with Gasteiger partial charge in [-0.2, -0.15) is 0 Å². The molecule has 5 heteroatoms. The highest BCUT2D eigenvalue weighted by Crippen LogP contribution is 2.28. The van der Waals surface area contributed by atoms with Crippen molar-refractivity contribution < 1.29 is 14.6 Å². The highest BCUT2D eigenvalue weighted by Gasteiger charge is 2.15. The quantitative estimate of drug-likeness (QED) is 0.798. The molecule has 1 aromatic heterocycles. The zero-order valence-electron chi connectivity index (χ0n) is 11.7. The van der Waals surface area contributed by atoms with Crippen molar-refractivity contribution in [3.05, 3.63) is 45.9 Å². The lowest BCUT2D eigenvalue weighted by Crippen LogP contribution is -2.09. The molecule has 2 rings (SSSR count). The van der Waals surface area contributed by atoms with E-state index in [1.807, 2.05) is 36.6 Å². The molecule has 0 amide bonds. The summed E-state index contributed by atoms with van der Waals surface area (Å²) in [6.07, 6.45) is -0.109. The van der Waals surface area contributed by atoms with Crippen molar-refractivity contribution in [1.82, 2.24) is 4.98 Å². The van der Waals surface area contributed by atoms with E-state index in [4.69, 9.17) is 9.47 Å². The van der Waals surface area contributed by atoms with Crippen LogP contribution in [0.5, 0.6) is 5.75 Å². The molecule has 0 fully saturated rings. The Labute approximate surface area is 123 Å². The van der Waals surface area contributed by atoms with Gasteiger partial charge in [0.1, 0.15) is 12.4 Å². The van der Waals surface area contributed by atoms with Crippen molar-refractivity contribution in [2.45, 2.75) is 19.4 Å². The molecule has 1 heterocycles. The van der Waals surface area contributed by atoms with E-state index in [9.17, 15) is 5.11 Å². The minimum absolute atomic E-state index is 0.469. The minimum Gasteiger partial charge on any atom is -0.491 e. The molecule has 0 aliphatic carbocycles. The topological polar surface area (TPSA) is 51.6 Å². The first-order valence-corrected chi connectivity index (χ1v) is 7.38. The predicted molar refractivity (Wildman–Crippen MR) is 79.3 cm³/mol. The lowest BCUT2D eigenvalue weighted by atomic mass is 10.1. The van der Waals surface area contributed by atoms with Crippen LogP contribution < -0.4 is 4.74 Å². The summed E-state index contributed by atoms with van der Waals surface area (Å²) in [6.45, 7) is 2.95. The monoisotopic (exact) mass is 293 g/mol. The first kappa shape index (κ1) is 15.0. The fraction of sp³-hybridized carbons (Fsp3) is 0.400. The molecular formula is C15H19NO3S. The Balaban J connectivity index is 2.06. The van der Waals surface area contributed by atoms with E-state index in [-0.39, 0.29) is 0 Å². The third-order valence-electron chi connectivity index (χ3n) is 2.86. The highest BCUT2D eigenvalue weighted by molar-refractivity contribution is 7.09. The number of hydrogen-bond donors (Lipinski definition) is 1. The maximum Gasteiger partial charge on any atom is 0.125 e. The van der Waals surface area contributed by atoms with Gasteiger partial charge in [0.2, 0.25) is 0 Å². The number of aliphatic hydroxyl groups excluding tert-OH is 1. The number of aromatic nitrogens is 1. The van der Waals surface area contributed by atoms with Crippen LogP contribution in [-0.4, -0.2) is 30.4 Å². The first-order valence-electron chi connectivity index (χ1n) is 6.50. The van der Waals surface area contributed by atoms with Gasteiger partial charge in [-0.1, -0.05) is 18.2 Å². The summed E-state index contributed by atoms with van der Waals surface area (Å²) in [5, 5.41) is 13.3. The van der Waals surface area contributed by atoms with Gasteiger partial charge in [-0.15, -0.1) is 11.3 Å². The van der Waals surface area contributed by atoms with Gasteiger partial charge in [0.25, 0.3) is 0 Å². The van der Waals surface area contributed by atoms with E-state index in [2.05, 4.69) is 4.98 Å². The standard InChI is InChI=1S/C15H19NO3S/c1-11-10-20-15(16-11)9-13(17)12-5-3-4-6-14(12)19-8-7-18-2/h3-6,10,13,17H,7-9H2,1-2H3. The van der Waals surface area contributed by atoms with Gasteiger partial charge in [0, 0.05) is 30.2 Å². The molecule has 0 saturated carbocycles. The summed E-state index contributed by atoms with van der Waals surface area (Å²) in [4.78, 5) is 4.38. The maximum atomic E-state index is 10.4. The molecule has 0 spiro atoms. The molecule has 1 unspecified atom stereocenters. The number of hydrogen-bond acceptors (Lipinski definition) is 5. The minimum atomic E-state index is -0.612. The van der Waals surface area contributed by atoms with E-state index < -0.39 is 6.10 Å². The van der Waals surface area contributed by atoms with E-state index in [0.29, 0.717) is 25.4 Å². The number of aryl methyl sites for hydroxylation is 1. The summed E-state index contributed by atoms with van der Waals surface area (Å²) in [6, 6.07) is 7.54. The van der Waals surface area contributed by atoms with Crippen LogP contribution in [0.3, 0.4) is 0 Å². The Kier molecular flexibility index (Phi) is 5.52. The molecule has 1 N–H and O–H groups in total. The highest BCUT2D eigenvalue weighted by atomic mass is 32.1. The van der Waals surface area contributed by atoms with Crippen LogP contribution in [0.4, 0.5) is 0 Å². The first-order chi connectivity index (χ1) is 9.70. The second-order valence-electron chi connectivity index (χ2n) is 4.48. The second kappa shape index (κ2) is 7.38. The Bertz CT molecular complexity index is 541. The van der Waals surface area contributed by atoms with Gasteiger partial charge >= 0.3 is 0 Å². The SMILES string of the molecule is COCCOc1ccccc1C(O)Cc1nc(C)cs1. The van der Waals surface area contributed by atoms with Gasteiger partial charge in [0.05, 0.1) is 17.7 Å². The lowest BCUT2D eigenvalue weighted by molar-refractivity contribution is 0.138. The normalized spacial score (nSPS) is 12.3. The molecule has 0 saturated heterocycles. The summed E-state index contributed by atoms with van der Waals surface area (Å²) < 4.78 is 10.6. The lowest BCUT2D eigenvalue weighted by Gasteiger charge is -2.15. The van der Waals surface area contributed by atoms with Crippen LogP contribution in [0.2, 0.25) is 0 Å². The van der Waals surface area contributed by atoms with Crippen LogP contribution >= 0.6 is 11.3 Å². The molecule has 4 nitrogen and oxygen atoms in total. The fourth-order valence-electron chi connectivity index (χ4n) is 1.89. The largest absolute Gasteiger partial charge is 0.491 e. The number of methoxy groups -OCH3 is 1. The number of benzene rings is 1. The predicted octanol–water partition coefficient (Wildman–Crippen LogP) is 2.75. The van der Waals surface area contributed by atoms with Crippen molar-refractivity contribution in [3.8, 4) is 5.75 Å². The third-order valence-corrected chi connectivity index (χ3v) is 3.85. The van der Waals surface area contributed by atoms with E-state index in [0.717, 1.165) is 16.3 Å². The molecule has 0 aliphatic heterocycles. The number of thiazole rings is 1. The molecule has 0 radical (unpaired) electrons.